The Morgan fingerprint density at radius 3 is 2.06 bits per heavy atom. The van der Waals surface area contributed by atoms with Crippen LogP contribution in [0.15, 0.2) is 77.1 Å². The van der Waals surface area contributed by atoms with Gasteiger partial charge in [0.25, 0.3) is 0 Å². The van der Waals surface area contributed by atoms with Crippen LogP contribution in [0, 0.1) is 0 Å². The first-order valence-electron chi connectivity index (χ1n) is 15.7. The third kappa shape index (κ3) is 13.8. The maximum Gasteiger partial charge on any atom is 0.407 e. The molecule has 0 aliphatic heterocycles. The fraction of sp³-hybridized carbons (Fsp3) is 0.412. The molecule has 3 unspecified atom stereocenters. The number of rotatable bonds is 18. The number of hydrogen-bond acceptors (Lipinski definition) is 10. The normalized spacial score (nSPS) is 13.3. The zero-order valence-electron chi connectivity index (χ0n) is 27.5. The summed E-state index contributed by atoms with van der Waals surface area (Å²) in [6.45, 7) is 3.78. The number of amides is 4. The van der Waals surface area contributed by atoms with E-state index in [1.807, 2.05) is 66.0 Å². The molecule has 3 aromatic rings. The lowest BCUT2D eigenvalue weighted by atomic mass is 9.96. The third-order valence-corrected chi connectivity index (χ3v) is 8.95. The van der Waals surface area contributed by atoms with Crippen molar-refractivity contribution < 1.29 is 24.2 Å². The van der Waals surface area contributed by atoms with E-state index in [0.717, 1.165) is 21.8 Å². The second-order valence-electron chi connectivity index (χ2n) is 11.7. The van der Waals surface area contributed by atoms with Gasteiger partial charge >= 0.3 is 12.1 Å². The van der Waals surface area contributed by atoms with Gasteiger partial charge in [-0.15, -0.1) is 24.0 Å². The molecule has 3 rings (SSSR count). The highest BCUT2D eigenvalue weighted by Crippen LogP contribution is 2.20. The number of nitrogens with zero attached hydrogens (tertiary/aromatic N) is 2. The van der Waals surface area contributed by atoms with Gasteiger partial charge in [-0.2, -0.15) is 0 Å². The number of thiol groups is 2. The van der Waals surface area contributed by atoms with E-state index in [-0.39, 0.29) is 31.2 Å². The van der Waals surface area contributed by atoms with Gasteiger partial charge < -0.3 is 35.4 Å². The Balaban J connectivity index is 1.68. The number of aromatic nitrogens is 1. The fourth-order valence-electron chi connectivity index (χ4n) is 4.84. The van der Waals surface area contributed by atoms with Crippen molar-refractivity contribution in [3.8, 4) is 0 Å². The average molecular weight is 715 g/mol. The number of nitrogens with one attached hydrogen (secondary N) is 4. The highest BCUT2D eigenvalue weighted by molar-refractivity contribution is 7.84. The van der Waals surface area contributed by atoms with Gasteiger partial charge in [0, 0.05) is 41.5 Å². The molecule has 0 spiro atoms. The van der Waals surface area contributed by atoms with Crippen molar-refractivity contribution in [3.05, 3.63) is 99.0 Å². The van der Waals surface area contributed by atoms with Crippen molar-refractivity contribution in [2.45, 2.75) is 70.1 Å². The number of ether oxygens (including phenoxy) is 1. The van der Waals surface area contributed by atoms with Crippen LogP contribution in [0.3, 0.4) is 0 Å². The van der Waals surface area contributed by atoms with Crippen LogP contribution in [0.2, 0.25) is 0 Å². The Morgan fingerprint density at radius 2 is 1.54 bits per heavy atom. The lowest BCUT2D eigenvalue weighted by molar-refractivity contribution is -0.124. The van der Waals surface area contributed by atoms with E-state index in [9.17, 15) is 19.5 Å². The number of urea groups is 1. The van der Waals surface area contributed by atoms with E-state index >= 15 is 0 Å². The SMILES string of the molecule is CC(C)c1nc(CN(C)C(=O)NC(CO)C(=O)NC(CCC(Cc2ccccc2)NC(=O)OC/C(S)=C/NS)Cc2ccccc2)cs1. The predicted octanol–water partition coefficient (Wildman–Crippen LogP) is 4.82. The minimum Gasteiger partial charge on any atom is -0.444 e. The molecule has 0 aliphatic rings. The molecule has 0 bridgehead atoms. The number of aliphatic hydroxyl groups is 1. The predicted molar refractivity (Wildman–Crippen MR) is 196 cm³/mol. The number of carbonyl (C=O) groups is 3. The van der Waals surface area contributed by atoms with Gasteiger partial charge in [0.15, 0.2) is 0 Å². The first-order chi connectivity index (χ1) is 23.1. The monoisotopic (exact) mass is 714 g/mol. The van der Waals surface area contributed by atoms with Crippen LogP contribution in [-0.4, -0.2) is 71.4 Å². The first kappa shape index (κ1) is 38.7. The molecule has 11 nitrogen and oxygen atoms in total. The van der Waals surface area contributed by atoms with Crippen LogP contribution in [0.25, 0.3) is 0 Å². The zero-order chi connectivity index (χ0) is 34.9. The second-order valence-corrected chi connectivity index (χ2v) is 13.4. The summed E-state index contributed by atoms with van der Waals surface area (Å²) in [7, 11) is 1.61. The lowest BCUT2D eigenvalue weighted by Crippen LogP contribution is -2.54. The van der Waals surface area contributed by atoms with Crippen molar-refractivity contribution in [2.75, 3.05) is 20.3 Å². The molecule has 48 heavy (non-hydrogen) atoms. The summed E-state index contributed by atoms with van der Waals surface area (Å²) >= 11 is 9.68. The Bertz CT molecular complexity index is 1460. The van der Waals surface area contributed by atoms with E-state index in [2.05, 4.69) is 64.9 Å². The maximum absolute atomic E-state index is 13.5. The van der Waals surface area contributed by atoms with Crippen LogP contribution < -0.4 is 20.7 Å². The number of thiazole rings is 1. The van der Waals surface area contributed by atoms with Gasteiger partial charge in [0.05, 0.1) is 23.9 Å². The molecular weight excluding hydrogens is 669 g/mol. The summed E-state index contributed by atoms with van der Waals surface area (Å²) in [6, 6.07) is 17.2. The van der Waals surface area contributed by atoms with Crippen LogP contribution in [0.1, 0.15) is 54.4 Å². The average Bonchev–Trinajstić information content (AvgIpc) is 3.55. The summed E-state index contributed by atoms with van der Waals surface area (Å²) in [5, 5.41) is 21.6. The van der Waals surface area contributed by atoms with Crippen molar-refractivity contribution in [1.29, 1.82) is 0 Å². The Kier molecular flexibility index (Phi) is 16.6. The van der Waals surface area contributed by atoms with Crippen molar-refractivity contribution in [3.63, 3.8) is 0 Å². The van der Waals surface area contributed by atoms with Crippen LogP contribution in [-0.2, 0) is 28.9 Å². The summed E-state index contributed by atoms with van der Waals surface area (Å²) in [4.78, 5) is 45.7. The van der Waals surface area contributed by atoms with E-state index in [1.54, 1.807) is 18.4 Å². The third-order valence-electron chi connectivity index (χ3n) is 7.37. The molecule has 3 atom stereocenters. The number of aliphatic hydroxyl groups excluding tert-OH is 1. The molecule has 1 aromatic heterocycles. The zero-order valence-corrected chi connectivity index (χ0v) is 30.1. The summed E-state index contributed by atoms with van der Waals surface area (Å²) in [6.07, 6.45) is 2.96. The van der Waals surface area contributed by atoms with Gasteiger partial charge in [-0.3, -0.25) is 4.79 Å². The number of carbonyl (C=O) groups excluding carboxylic acids is 3. The van der Waals surface area contributed by atoms with E-state index in [0.29, 0.717) is 30.6 Å². The first-order valence-corrected chi connectivity index (χ1v) is 17.5. The second kappa shape index (κ2) is 20.6. The van der Waals surface area contributed by atoms with Crippen molar-refractivity contribution in [1.82, 2.24) is 30.6 Å². The Morgan fingerprint density at radius 1 is 0.958 bits per heavy atom. The largest absolute Gasteiger partial charge is 0.444 e. The minimum absolute atomic E-state index is 0.0283. The van der Waals surface area contributed by atoms with Gasteiger partial charge in [0.2, 0.25) is 5.91 Å². The molecule has 0 saturated heterocycles. The van der Waals surface area contributed by atoms with Crippen LogP contribution in [0.4, 0.5) is 9.59 Å². The molecule has 0 radical (unpaired) electrons. The molecule has 0 fully saturated rings. The fourth-order valence-corrected chi connectivity index (χ4v) is 6.06. The molecule has 0 saturated carbocycles. The number of benzene rings is 2. The summed E-state index contributed by atoms with van der Waals surface area (Å²) in [5.74, 6) is -0.217. The Labute approximate surface area is 297 Å². The van der Waals surface area contributed by atoms with Gasteiger partial charge in [-0.25, -0.2) is 14.6 Å². The number of alkyl carbamates (subject to hydrolysis) is 1. The molecule has 1 heterocycles. The van der Waals surface area contributed by atoms with Gasteiger partial charge in [-0.05, 0) is 36.8 Å². The van der Waals surface area contributed by atoms with Crippen LogP contribution in [0.5, 0.6) is 0 Å². The standard InChI is InChI=1S/C34H46N6O5S3/c1-23(2)32-37-28(22-48-32)19-40(3)33(43)39-30(20-41)31(42)36-26(16-24-10-6-4-7-11-24)14-15-27(17-25-12-8-5-9-13-25)38-34(44)45-21-29(46)18-35-47/h4-13,18,22-23,26-27,30,35,41,46-47H,14-17,19-21H2,1-3H3,(H,36,42)(H,38,44)(H,39,43)/b29-18-. The minimum atomic E-state index is -1.16. The number of hydrogen-bond donors (Lipinski definition) is 7. The van der Waals surface area contributed by atoms with Crippen molar-refractivity contribution >= 4 is 54.8 Å². The molecular formula is C34H46N6O5S3. The smallest absolute Gasteiger partial charge is 0.407 e. The quantitative estimate of drug-likeness (QED) is 0.0937. The Hall–Kier alpha value is -3.72. The topological polar surface area (TPSA) is 145 Å². The summed E-state index contributed by atoms with van der Waals surface area (Å²) in [5.41, 5.74) is 2.80. The van der Waals surface area contributed by atoms with E-state index in [1.165, 1.54) is 11.1 Å². The lowest BCUT2D eigenvalue weighted by Gasteiger charge is -2.26. The molecule has 0 aliphatic carbocycles. The summed E-state index contributed by atoms with van der Waals surface area (Å²) < 4.78 is 7.87. The molecule has 14 heteroatoms. The van der Waals surface area contributed by atoms with Crippen molar-refractivity contribution in [2.24, 2.45) is 0 Å². The molecule has 2 aromatic carbocycles. The van der Waals surface area contributed by atoms with Gasteiger partial charge in [0.1, 0.15) is 12.6 Å². The molecule has 5 N–H and O–H groups in total. The maximum atomic E-state index is 13.5. The van der Waals surface area contributed by atoms with Crippen LogP contribution >= 0.6 is 36.8 Å². The highest BCUT2D eigenvalue weighted by atomic mass is 32.1. The van der Waals surface area contributed by atoms with E-state index in [4.69, 9.17) is 4.74 Å². The highest BCUT2D eigenvalue weighted by Gasteiger charge is 2.26. The van der Waals surface area contributed by atoms with E-state index < -0.39 is 30.7 Å². The van der Waals surface area contributed by atoms with Gasteiger partial charge in [-0.1, -0.05) is 87.3 Å². The molecule has 260 valence electrons. The molecule has 4 amide bonds.